The smallest absolute Gasteiger partial charge is 0.312 e. The summed E-state index contributed by atoms with van der Waals surface area (Å²) in [5.74, 6) is -1.64. The summed E-state index contributed by atoms with van der Waals surface area (Å²) in [6, 6.07) is 9.00. The van der Waals surface area contributed by atoms with Crippen LogP contribution in [0, 0.1) is 6.92 Å². The molecule has 126 valence electrons. The van der Waals surface area contributed by atoms with Gasteiger partial charge in [0, 0.05) is 18.5 Å². The van der Waals surface area contributed by atoms with E-state index in [-0.39, 0.29) is 4.90 Å². The molecule has 24 heavy (non-hydrogen) atoms. The number of aliphatic carboxylic acids is 1. The zero-order valence-corrected chi connectivity index (χ0v) is 14.9. The van der Waals surface area contributed by atoms with Crippen LogP contribution in [0.25, 0.3) is 0 Å². The number of aromatic nitrogens is 1. The van der Waals surface area contributed by atoms with Gasteiger partial charge in [-0.15, -0.1) is 0 Å². The lowest BCUT2D eigenvalue weighted by molar-refractivity contribution is -0.138. The van der Waals surface area contributed by atoms with E-state index < -0.39 is 21.7 Å². The Morgan fingerprint density at radius 3 is 2.46 bits per heavy atom. The maximum Gasteiger partial charge on any atom is 0.312 e. The first kappa shape index (κ1) is 16.9. The fourth-order valence-electron chi connectivity index (χ4n) is 3.09. The molecule has 0 fully saturated rings. The van der Waals surface area contributed by atoms with Gasteiger partial charge < -0.3 is 9.67 Å². The SMILES string of the molecule is Cc1ccc(C(=S)c2c(S(C)(=O)=O)cc3n2CCC3C(=O)O)cc1. The molecule has 2 heterocycles. The van der Waals surface area contributed by atoms with Crippen LogP contribution in [0.3, 0.4) is 0 Å². The van der Waals surface area contributed by atoms with Gasteiger partial charge >= 0.3 is 5.97 Å². The Morgan fingerprint density at radius 1 is 1.29 bits per heavy atom. The molecule has 0 aliphatic carbocycles. The van der Waals surface area contributed by atoms with Crippen molar-refractivity contribution in [2.75, 3.05) is 6.26 Å². The molecule has 1 aromatic heterocycles. The molecule has 5 nitrogen and oxygen atoms in total. The van der Waals surface area contributed by atoms with Crippen molar-refractivity contribution in [3.63, 3.8) is 0 Å². The normalized spacial score (nSPS) is 16.8. The van der Waals surface area contributed by atoms with Crippen LogP contribution in [0.5, 0.6) is 0 Å². The molecule has 1 aromatic carbocycles. The Morgan fingerprint density at radius 2 is 1.92 bits per heavy atom. The second kappa shape index (κ2) is 5.82. The van der Waals surface area contributed by atoms with Crippen LogP contribution < -0.4 is 0 Å². The van der Waals surface area contributed by atoms with Crippen LogP contribution in [0.4, 0.5) is 0 Å². The Kier molecular flexibility index (Phi) is 4.09. The lowest BCUT2D eigenvalue weighted by Gasteiger charge is -2.11. The number of sulfone groups is 1. The van der Waals surface area contributed by atoms with E-state index in [9.17, 15) is 18.3 Å². The number of fused-ring (bicyclic) bond motifs is 1. The van der Waals surface area contributed by atoms with Gasteiger partial charge in [0.25, 0.3) is 0 Å². The molecule has 1 atom stereocenters. The highest BCUT2D eigenvalue weighted by molar-refractivity contribution is 7.91. The molecule has 1 aliphatic rings. The predicted octanol–water partition coefficient (Wildman–Crippen LogP) is 2.54. The number of rotatable bonds is 4. The first-order chi connectivity index (χ1) is 11.2. The topological polar surface area (TPSA) is 76.4 Å². The van der Waals surface area contributed by atoms with Gasteiger partial charge in [0.1, 0.15) is 0 Å². The molecule has 0 saturated heterocycles. The van der Waals surface area contributed by atoms with Crippen LogP contribution in [0.15, 0.2) is 35.2 Å². The van der Waals surface area contributed by atoms with Gasteiger partial charge in [-0.05, 0) is 25.0 Å². The Bertz CT molecular complexity index is 940. The van der Waals surface area contributed by atoms with Crippen molar-refractivity contribution in [3.8, 4) is 0 Å². The molecular formula is C17H17NO4S2. The van der Waals surface area contributed by atoms with Crippen molar-refractivity contribution in [2.45, 2.75) is 30.7 Å². The van der Waals surface area contributed by atoms with Crippen molar-refractivity contribution in [3.05, 3.63) is 52.8 Å². The summed E-state index contributed by atoms with van der Waals surface area (Å²) in [6.45, 7) is 2.41. The van der Waals surface area contributed by atoms with Crippen molar-refractivity contribution in [1.82, 2.24) is 4.57 Å². The maximum absolute atomic E-state index is 12.2. The van der Waals surface area contributed by atoms with Crippen LogP contribution in [0.1, 0.15) is 34.9 Å². The van der Waals surface area contributed by atoms with Gasteiger partial charge in [0.2, 0.25) is 0 Å². The molecule has 0 amide bonds. The van der Waals surface area contributed by atoms with Crippen LogP contribution in [-0.4, -0.2) is 35.2 Å². The van der Waals surface area contributed by atoms with Crippen molar-refractivity contribution in [2.24, 2.45) is 0 Å². The maximum atomic E-state index is 12.2. The van der Waals surface area contributed by atoms with Crippen molar-refractivity contribution in [1.29, 1.82) is 0 Å². The first-order valence-corrected chi connectivity index (χ1v) is 9.77. The van der Waals surface area contributed by atoms with E-state index in [1.54, 1.807) is 4.57 Å². The number of carboxylic acids is 1. The molecule has 7 heteroatoms. The molecule has 0 radical (unpaired) electrons. The van der Waals surface area contributed by atoms with E-state index in [1.165, 1.54) is 6.07 Å². The second-order valence-corrected chi connectivity index (χ2v) is 8.47. The number of hydrogen-bond donors (Lipinski definition) is 1. The van der Waals surface area contributed by atoms with Crippen molar-refractivity contribution < 1.29 is 18.3 Å². The molecule has 1 unspecified atom stereocenters. The lowest BCUT2D eigenvalue weighted by atomic mass is 10.1. The van der Waals surface area contributed by atoms with Gasteiger partial charge in [-0.3, -0.25) is 4.79 Å². The summed E-state index contributed by atoms with van der Waals surface area (Å²) in [4.78, 5) is 11.9. The van der Waals surface area contributed by atoms with Crippen LogP contribution in [-0.2, 0) is 21.2 Å². The van der Waals surface area contributed by atoms with E-state index in [1.807, 2.05) is 31.2 Å². The average Bonchev–Trinajstić information content (AvgIpc) is 3.05. The fourth-order valence-corrected chi connectivity index (χ4v) is 4.41. The Balaban J connectivity index is 2.20. The zero-order chi connectivity index (χ0) is 17.6. The van der Waals surface area contributed by atoms with Gasteiger partial charge in [-0.2, -0.15) is 0 Å². The highest BCUT2D eigenvalue weighted by Crippen LogP contribution is 2.36. The van der Waals surface area contributed by atoms with E-state index in [0.29, 0.717) is 29.2 Å². The van der Waals surface area contributed by atoms with Crippen LogP contribution >= 0.6 is 12.2 Å². The van der Waals surface area contributed by atoms with E-state index in [0.717, 1.165) is 17.4 Å². The van der Waals surface area contributed by atoms with E-state index >= 15 is 0 Å². The summed E-state index contributed by atoms with van der Waals surface area (Å²) in [6.07, 6.45) is 1.56. The van der Waals surface area contributed by atoms with Gasteiger partial charge in [0.15, 0.2) is 9.84 Å². The molecule has 1 N–H and O–H groups in total. The molecule has 0 saturated carbocycles. The summed E-state index contributed by atoms with van der Waals surface area (Å²) in [5.41, 5.74) is 2.76. The number of aryl methyl sites for hydroxylation is 1. The van der Waals surface area contributed by atoms with Crippen LogP contribution in [0.2, 0.25) is 0 Å². The monoisotopic (exact) mass is 363 g/mol. The van der Waals surface area contributed by atoms with Crippen molar-refractivity contribution >= 4 is 32.9 Å². The van der Waals surface area contributed by atoms with Gasteiger partial charge in [-0.25, -0.2) is 8.42 Å². The van der Waals surface area contributed by atoms with E-state index in [4.69, 9.17) is 12.2 Å². The van der Waals surface area contributed by atoms with Gasteiger partial charge in [-0.1, -0.05) is 42.0 Å². The number of carbonyl (C=O) groups is 1. The minimum atomic E-state index is -3.52. The first-order valence-electron chi connectivity index (χ1n) is 7.48. The third-order valence-corrected chi connectivity index (χ3v) is 5.86. The quantitative estimate of drug-likeness (QED) is 0.667. The standard InChI is InChI=1S/C17H17NO4S2/c1-10-3-5-11(6-4-10)16(23)15-14(24(2,21)22)9-13-12(17(19)20)7-8-18(13)15/h3-6,9,12H,7-8H2,1-2H3,(H,19,20). The second-order valence-electron chi connectivity index (χ2n) is 6.08. The lowest BCUT2D eigenvalue weighted by Crippen LogP contribution is -2.12. The average molecular weight is 363 g/mol. The molecule has 0 spiro atoms. The largest absolute Gasteiger partial charge is 0.481 e. The number of hydrogen-bond acceptors (Lipinski definition) is 4. The third-order valence-electron chi connectivity index (χ3n) is 4.32. The number of nitrogens with zero attached hydrogens (tertiary/aromatic N) is 1. The summed E-state index contributed by atoms with van der Waals surface area (Å²) in [7, 11) is -3.52. The summed E-state index contributed by atoms with van der Waals surface area (Å²) in [5, 5.41) is 9.35. The summed E-state index contributed by atoms with van der Waals surface area (Å²) < 4.78 is 26.2. The Hall–Kier alpha value is -1.99. The fraction of sp³-hybridized carbons (Fsp3) is 0.294. The summed E-state index contributed by atoms with van der Waals surface area (Å²) >= 11 is 5.55. The molecule has 0 bridgehead atoms. The zero-order valence-electron chi connectivity index (χ0n) is 13.3. The van der Waals surface area contributed by atoms with E-state index in [2.05, 4.69) is 0 Å². The number of carboxylic acid groups (broad SMARTS) is 1. The molecule has 1 aliphatic heterocycles. The predicted molar refractivity (Wildman–Crippen MR) is 94.5 cm³/mol. The number of benzene rings is 1. The molecule has 2 aromatic rings. The molecular weight excluding hydrogens is 346 g/mol. The minimum absolute atomic E-state index is 0.106. The molecule has 3 rings (SSSR count). The highest BCUT2D eigenvalue weighted by atomic mass is 32.2. The Labute approximate surface area is 145 Å². The number of thiocarbonyl (C=S) groups is 1. The minimum Gasteiger partial charge on any atom is -0.481 e. The highest BCUT2D eigenvalue weighted by Gasteiger charge is 2.35. The van der Waals surface area contributed by atoms with Gasteiger partial charge in [0.05, 0.1) is 21.4 Å². The third kappa shape index (κ3) is 2.78.